The Morgan fingerprint density at radius 1 is 1.33 bits per heavy atom. The molecule has 0 amide bonds. The van der Waals surface area contributed by atoms with Crippen LogP contribution in [0.5, 0.6) is 0 Å². The van der Waals surface area contributed by atoms with Crippen LogP contribution in [0.1, 0.15) is 26.7 Å². The van der Waals surface area contributed by atoms with Crippen molar-refractivity contribution in [1.82, 2.24) is 0 Å². The molecule has 1 rings (SSSR count). The molecule has 1 heterocycles. The van der Waals surface area contributed by atoms with Gasteiger partial charge in [0.15, 0.2) is 0 Å². The molecule has 1 saturated heterocycles. The number of hydrogen-bond acceptors (Lipinski definition) is 1. The molecule has 0 aromatic carbocycles. The van der Waals surface area contributed by atoms with Crippen LogP contribution in [0.3, 0.4) is 0 Å². The Kier molecular flexibility index (Phi) is 2.52. The van der Waals surface area contributed by atoms with Gasteiger partial charge in [-0.3, -0.25) is 0 Å². The van der Waals surface area contributed by atoms with Crippen molar-refractivity contribution in [3.8, 4) is 0 Å². The van der Waals surface area contributed by atoms with Gasteiger partial charge in [0.25, 0.3) is 0 Å². The number of rotatable bonds is 3. The Bertz CT molecular complexity index is 72.6. The van der Waals surface area contributed by atoms with Gasteiger partial charge in [0, 0.05) is 5.92 Å². The van der Waals surface area contributed by atoms with Gasteiger partial charge in [0.2, 0.25) is 0 Å². The molecule has 1 aliphatic heterocycles. The van der Waals surface area contributed by atoms with Crippen molar-refractivity contribution in [3.63, 3.8) is 0 Å². The van der Waals surface area contributed by atoms with Crippen LogP contribution in [0.2, 0.25) is 0 Å². The molecule has 0 saturated carbocycles. The van der Waals surface area contributed by atoms with Gasteiger partial charge < -0.3 is 4.74 Å². The minimum absolute atomic E-state index is 0.889. The Balaban J connectivity index is 2.19. The fourth-order valence-electron chi connectivity index (χ4n) is 1.48. The molecule has 0 atom stereocenters. The largest absolute Gasteiger partial charge is 0.381 e. The van der Waals surface area contributed by atoms with Gasteiger partial charge in [-0.25, -0.2) is 0 Å². The SMILES string of the molecule is CCC(CC)C1COC1. The molecule has 0 radical (unpaired) electrons. The van der Waals surface area contributed by atoms with E-state index in [4.69, 9.17) is 4.74 Å². The predicted molar refractivity (Wildman–Crippen MR) is 38.4 cm³/mol. The summed E-state index contributed by atoms with van der Waals surface area (Å²) in [4.78, 5) is 0. The maximum atomic E-state index is 5.12. The summed E-state index contributed by atoms with van der Waals surface area (Å²) in [6.07, 6.45) is 2.65. The van der Waals surface area contributed by atoms with Crippen LogP contribution in [0.4, 0.5) is 0 Å². The molecule has 0 bridgehead atoms. The summed E-state index contributed by atoms with van der Waals surface area (Å²) >= 11 is 0. The third-order valence-electron chi connectivity index (χ3n) is 2.38. The van der Waals surface area contributed by atoms with E-state index in [-0.39, 0.29) is 0 Å². The summed E-state index contributed by atoms with van der Waals surface area (Å²) in [6, 6.07) is 0. The van der Waals surface area contributed by atoms with Crippen molar-refractivity contribution in [2.24, 2.45) is 11.8 Å². The zero-order valence-corrected chi connectivity index (χ0v) is 6.39. The van der Waals surface area contributed by atoms with Gasteiger partial charge in [-0.05, 0) is 5.92 Å². The van der Waals surface area contributed by atoms with E-state index in [0.29, 0.717) is 0 Å². The predicted octanol–water partition coefficient (Wildman–Crippen LogP) is 2.07. The minimum atomic E-state index is 0.889. The maximum Gasteiger partial charge on any atom is 0.0519 e. The first-order valence-electron chi connectivity index (χ1n) is 3.96. The van der Waals surface area contributed by atoms with Crippen LogP contribution in [0.15, 0.2) is 0 Å². The number of hydrogen-bond donors (Lipinski definition) is 0. The minimum Gasteiger partial charge on any atom is -0.381 e. The normalized spacial score (nSPS) is 20.3. The Morgan fingerprint density at radius 3 is 2.00 bits per heavy atom. The monoisotopic (exact) mass is 128 g/mol. The van der Waals surface area contributed by atoms with E-state index < -0.39 is 0 Å². The lowest BCUT2D eigenvalue weighted by molar-refractivity contribution is -0.0621. The molecule has 1 fully saturated rings. The first-order chi connectivity index (χ1) is 4.38. The van der Waals surface area contributed by atoms with Crippen LogP contribution < -0.4 is 0 Å². The van der Waals surface area contributed by atoms with Crippen molar-refractivity contribution in [3.05, 3.63) is 0 Å². The lowest BCUT2D eigenvalue weighted by Gasteiger charge is -2.32. The van der Waals surface area contributed by atoms with Crippen molar-refractivity contribution in [2.75, 3.05) is 13.2 Å². The highest BCUT2D eigenvalue weighted by molar-refractivity contribution is 4.72. The van der Waals surface area contributed by atoms with Gasteiger partial charge in [-0.2, -0.15) is 0 Å². The molecule has 9 heavy (non-hydrogen) atoms. The quantitative estimate of drug-likeness (QED) is 0.565. The van der Waals surface area contributed by atoms with E-state index in [2.05, 4.69) is 13.8 Å². The molecule has 1 heteroatoms. The molecular formula is C8H16O. The van der Waals surface area contributed by atoms with Crippen molar-refractivity contribution in [1.29, 1.82) is 0 Å². The Morgan fingerprint density at radius 2 is 1.89 bits per heavy atom. The molecule has 0 aromatic heterocycles. The molecule has 0 aromatic rings. The molecule has 54 valence electrons. The van der Waals surface area contributed by atoms with Gasteiger partial charge in [0.05, 0.1) is 13.2 Å². The summed E-state index contributed by atoms with van der Waals surface area (Å²) in [6.45, 7) is 6.58. The van der Waals surface area contributed by atoms with Gasteiger partial charge in [-0.1, -0.05) is 26.7 Å². The van der Waals surface area contributed by atoms with E-state index in [1.165, 1.54) is 12.8 Å². The van der Waals surface area contributed by atoms with Crippen LogP contribution >= 0.6 is 0 Å². The van der Waals surface area contributed by atoms with Crippen LogP contribution in [0.25, 0.3) is 0 Å². The highest BCUT2D eigenvalue weighted by atomic mass is 16.5. The second-order valence-electron chi connectivity index (χ2n) is 2.87. The average molecular weight is 128 g/mol. The molecule has 0 aliphatic carbocycles. The first kappa shape index (κ1) is 7.07. The summed E-state index contributed by atoms with van der Waals surface area (Å²) in [5, 5.41) is 0. The summed E-state index contributed by atoms with van der Waals surface area (Å²) in [5.41, 5.74) is 0. The van der Waals surface area contributed by atoms with Crippen molar-refractivity contribution < 1.29 is 4.74 Å². The Labute approximate surface area is 57.4 Å². The molecule has 1 aliphatic rings. The van der Waals surface area contributed by atoms with Crippen molar-refractivity contribution >= 4 is 0 Å². The third-order valence-corrected chi connectivity index (χ3v) is 2.38. The maximum absolute atomic E-state index is 5.12. The summed E-state index contributed by atoms with van der Waals surface area (Å²) in [7, 11) is 0. The molecule has 0 N–H and O–H groups in total. The van der Waals surface area contributed by atoms with E-state index in [0.717, 1.165) is 25.0 Å². The fourth-order valence-corrected chi connectivity index (χ4v) is 1.48. The molecule has 1 nitrogen and oxygen atoms in total. The fraction of sp³-hybridized carbons (Fsp3) is 1.00. The van der Waals surface area contributed by atoms with Gasteiger partial charge in [-0.15, -0.1) is 0 Å². The van der Waals surface area contributed by atoms with Crippen LogP contribution in [0, 0.1) is 11.8 Å². The second-order valence-corrected chi connectivity index (χ2v) is 2.87. The van der Waals surface area contributed by atoms with E-state index in [1.807, 2.05) is 0 Å². The van der Waals surface area contributed by atoms with E-state index in [1.54, 1.807) is 0 Å². The van der Waals surface area contributed by atoms with Crippen molar-refractivity contribution in [2.45, 2.75) is 26.7 Å². The molecular weight excluding hydrogens is 112 g/mol. The van der Waals surface area contributed by atoms with E-state index >= 15 is 0 Å². The Hall–Kier alpha value is -0.0400. The lowest BCUT2D eigenvalue weighted by atomic mass is 9.87. The topological polar surface area (TPSA) is 9.23 Å². The second kappa shape index (κ2) is 3.21. The smallest absolute Gasteiger partial charge is 0.0519 e. The van der Waals surface area contributed by atoms with Crippen LogP contribution in [-0.2, 0) is 4.74 Å². The molecule has 0 unspecified atom stereocenters. The zero-order chi connectivity index (χ0) is 6.69. The zero-order valence-electron chi connectivity index (χ0n) is 6.39. The summed E-state index contributed by atoms with van der Waals surface area (Å²) < 4.78 is 5.12. The third kappa shape index (κ3) is 1.45. The highest BCUT2D eigenvalue weighted by Gasteiger charge is 2.25. The van der Waals surface area contributed by atoms with E-state index in [9.17, 15) is 0 Å². The lowest BCUT2D eigenvalue weighted by Crippen LogP contribution is -2.33. The van der Waals surface area contributed by atoms with Gasteiger partial charge >= 0.3 is 0 Å². The summed E-state index contributed by atoms with van der Waals surface area (Å²) in [5.74, 6) is 1.82. The van der Waals surface area contributed by atoms with Gasteiger partial charge in [0.1, 0.15) is 0 Å². The van der Waals surface area contributed by atoms with Crippen LogP contribution in [-0.4, -0.2) is 13.2 Å². The highest BCUT2D eigenvalue weighted by Crippen LogP contribution is 2.25. The number of ether oxygens (including phenoxy) is 1. The molecule has 0 spiro atoms. The first-order valence-corrected chi connectivity index (χ1v) is 3.96. The standard InChI is InChI=1S/C8H16O/c1-3-7(4-2)8-5-9-6-8/h7-8H,3-6H2,1-2H3. The average Bonchev–Trinajstić information content (AvgIpc) is 1.78.